The highest BCUT2D eigenvalue weighted by atomic mass is 32.2. The van der Waals surface area contributed by atoms with Crippen molar-refractivity contribution >= 4 is 42.8 Å². The van der Waals surface area contributed by atoms with Crippen molar-refractivity contribution in [3.05, 3.63) is 46.8 Å². The minimum Gasteiger partial charge on any atom is -0.495 e. The number of thiophene rings is 1. The van der Waals surface area contributed by atoms with Crippen LogP contribution in [0.2, 0.25) is 0 Å². The molecule has 0 bridgehead atoms. The second-order valence-corrected chi connectivity index (χ2v) is 14.1. The van der Waals surface area contributed by atoms with Crippen LogP contribution in [-0.4, -0.2) is 65.4 Å². The molecule has 0 unspecified atom stereocenters. The van der Waals surface area contributed by atoms with Crippen LogP contribution in [-0.2, 0) is 21.2 Å². The summed E-state index contributed by atoms with van der Waals surface area (Å²) in [6, 6.07) is 12.3. The van der Waals surface area contributed by atoms with Crippen molar-refractivity contribution < 1.29 is 17.9 Å². The zero-order chi connectivity index (χ0) is 28.6. The second kappa shape index (κ2) is 11.5. The number of hydrogen-bond donors (Lipinski definition) is 3. The number of primary sulfonamides is 1. The van der Waals surface area contributed by atoms with Gasteiger partial charge in [-0.15, -0.1) is 11.3 Å². The Morgan fingerprint density at radius 1 is 1.15 bits per heavy atom. The molecule has 1 aliphatic carbocycles. The Balaban J connectivity index is 1.10. The molecular weight excluding hydrogens is 556 g/mol. The van der Waals surface area contributed by atoms with E-state index in [1.165, 1.54) is 79.4 Å². The van der Waals surface area contributed by atoms with Crippen LogP contribution in [0.3, 0.4) is 0 Å². The number of nitrogens with two attached hydrogens (primary N) is 1. The van der Waals surface area contributed by atoms with E-state index in [1.54, 1.807) is 17.4 Å². The third-order valence-electron chi connectivity index (χ3n) is 8.71. The van der Waals surface area contributed by atoms with Gasteiger partial charge in [0, 0.05) is 36.7 Å². The molecule has 2 aliphatic heterocycles. The van der Waals surface area contributed by atoms with Gasteiger partial charge in [-0.3, -0.25) is 4.90 Å². The van der Waals surface area contributed by atoms with Gasteiger partial charge in [0.15, 0.2) is 0 Å². The zero-order valence-electron chi connectivity index (χ0n) is 23.7. The molecule has 3 aliphatic rings. The summed E-state index contributed by atoms with van der Waals surface area (Å²) in [6.07, 6.45) is 5.83. The van der Waals surface area contributed by atoms with Crippen molar-refractivity contribution in [2.45, 2.75) is 56.0 Å². The highest BCUT2D eigenvalue weighted by Crippen LogP contribution is 2.42. The summed E-state index contributed by atoms with van der Waals surface area (Å²) < 4.78 is 35.4. The molecule has 3 aromatic rings. The maximum atomic E-state index is 11.7. The van der Waals surface area contributed by atoms with Gasteiger partial charge in [-0.2, -0.15) is 0 Å². The van der Waals surface area contributed by atoms with Gasteiger partial charge in [-0.25, -0.2) is 13.6 Å². The largest absolute Gasteiger partial charge is 0.495 e. The van der Waals surface area contributed by atoms with Crippen molar-refractivity contribution in [3.63, 3.8) is 0 Å². The topological polar surface area (TPSA) is 106 Å². The lowest BCUT2D eigenvalue weighted by Crippen LogP contribution is -2.68. The summed E-state index contributed by atoms with van der Waals surface area (Å²) in [6.45, 7) is 6.94. The number of sulfonamides is 1. The van der Waals surface area contributed by atoms with Gasteiger partial charge >= 0.3 is 0 Å². The number of anilines is 2. The van der Waals surface area contributed by atoms with Crippen LogP contribution in [0, 0.1) is 17.3 Å². The van der Waals surface area contributed by atoms with E-state index in [-0.39, 0.29) is 4.90 Å². The normalized spacial score (nSPS) is 21.9. The molecular formula is C31H38N4O4S2. The van der Waals surface area contributed by atoms with Crippen LogP contribution in [0.4, 0.5) is 11.4 Å². The van der Waals surface area contributed by atoms with Gasteiger partial charge < -0.3 is 20.1 Å². The first-order valence-electron chi connectivity index (χ1n) is 14.3. The number of benzene rings is 2. The van der Waals surface area contributed by atoms with Gasteiger partial charge in [0.1, 0.15) is 5.75 Å². The number of ether oxygens (including phenoxy) is 2. The fourth-order valence-electron chi connectivity index (χ4n) is 6.45. The molecule has 0 amide bonds. The lowest BCUT2D eigenvalue weighted by Gasteiger charge is -2.58. The average Bonchev–Trinajstić information content (AvgIpc) is 3.28. The summed E-state index contributed by atoms with van der Waals surface area (Å²) in [4.78, 5) is 3.78. The number of fused-ring (bicyclic) bond motifs is 1. The summed E-state index contributed by atoms with van der Waals surface area (Å²) >= 11 is 1.76. The third kappa shape index (κ3) is 5.79. The third-order valence-corrected chi connectivity index (χ3v) is 10.8. The molecule has 2 aromatic carbocycles. The minimum absolute atomic E-state index is 0.00912. The standard InChI is InChI=1S/C31H38N4O4S2/c1-3-24-25-6-4-7-27(34-21-9-11-22(12-10-21)35-17-31(18-35)19-39-20-31)30(25)40-29(24)8-5-15-33-26-14-13-23(41(32,36)37)16-28(26)38-2/h4,6-7,13-14,16,21-22,33-34H,3,9-12,15,17-20H2,1-2H3,(H2,32,36,37). The van der Waals surface area contributed by atoms with Crippen molar-refractivity contribution in [2.24, 2.45) is 10.6 Å². The fourth-order valence-corrected chi connectivity index (χ4v) is 8.22. The molecule has 4 N–H and O–H groups in total. The quantitative estimate of drug-likeness (QED) is 0.327. The second-order valence-electron chi connectivity index (χ2n) is 11.6. The van der Waals surface area contributed by atoms with Crippen LogP contribution in [0.5, 0.6) is 5.75 Å². The maximum absolute atomic E-state index is 11.7. The van der Waals surface area contributed by atoms with Crippen LogP contribution in [0.15, 0.2) is 41.3 Å². The van der Waals surface area contributed by atoms with Gasteiger partial charge in [-0.1, -0.05) is 30.9 Å². The van der Waals surface area contributed by atoms with E-state index in [0.717, 1.165) is 30.6 Å². The highest BCUT2D eigenvalue weighted by molar-refractivity contribution is 7.89. The lowest BCUT2D eigenvalue weighted by molar-refractivity contribution is -0.200. The number of nitrogens with one attached hydrogen (secondary N) is 2. The van der Waals surface area contributed by atoms with Crippen LogP contribution >= 0.6 is 11.3 Å². The summed E-state index contributed by atoms with van der Waals surface area (Å²) in [5.41, 5.74) is 3.65. The molecule has 0 atom stereocenters. The van der Waals surface area contributed by atoms with E-state index < -0.39 is 10.0 Å². The van der Waals surface area contributed by atoms with Gasteiger partial charge in [0.05, 0.1) is 52.7 Å². The molecule has 3 fully saturated rings. The summed E-state index contributed by atoms with van der Waals surface area (Å²) in [7, 11) is -2.31. The fraction of sp³-hybridized carbons (Fsp3) is 0.484. The van der Waals surface area contributed by atoms with Crippen LogP contribution in [0.1, 0.15) is 43.0 Å². The van der Waals surface area contributed by atoms with Crippen LogP contribution in [0.25, 0.3) is 10.1 Å². The Hall–Kier alpha value is -2.81. The van der Waals surface area contributed by atoms with Crippen molar-refractivity contribution in [1.29, 1.82) is 0 Å². The van der Waals surface area contributed by atoms with E-state index in [9.17, 15) is 8.42 Å². The Labute approximate surface area is 246 Å². The summed E-state index contributed by atoms with van der Waals surface area (Å²) in [5.74, 6) is 7.03. The smallest absolute Gasteiger partial charge is 0.238 e. The molecule has 6 rings (SSSR count). The Kier molecular flexibility index (Phi) is 7.92. The molecule has 2 saturated heterocycles. The summed E-state index contributed by atoms with van der Waals surface area (Å²) in [5, 5.41) is 13.6. The number of likely N-dealkylation sites (tertiary alicyclic amines) is 1. The Bertz CT molecular complexity index is 1590. The van der Waals surface area contributed by atoms with Gasteiger partial charge in [0.2, 0.25) is 10.0 Å². The average molecular weight is 595 g/mol. The van der Waals surface area contributed by atoms with Gasteiger partial charge in [-0.05, 0) is 61.3 Å². The molecule has 1 saturated carbocycles. The monoisotopic (exact) mass is 594 g/mol. The molecule has 1 spiro atoms. The first-order valence-corrected chi connectivity index (χ1v) is 16.7. The lowest BCUT2D eigenvalue weighted by atomic mass is 9.75. The first-order chi connectivity index (χ1) is 19.8. The highest BCUT2D eigenvalue weighted by Gasteiger charge is 2.50. The predicted molar refractivity (Wildman–Crippen MR) is 165 cm³/mol. The van der Waals surface area contributed by atoms with Crippen molar-refractivity contribution in [3.8, 4) is 17.6 Å². The predicted octanol–water partition coefficient (Wildman–Crippen LogP) is 4.64. The number of rotatable bonds is 8. The zero-order valence-corrected chi connectivity index (χ0v) is 25.3. The van der Waals surface area contributed by atoms with Gasteiger partial charge in [0.25, 0.3) is 0 Å². The molecule has 3 heterocycles. The molecule has 0 radical (unpaired) electrons. The minimum atomic E-state index is -3.80. The molecule has 8 nitrogen and oxygen atoms in total. The van der Waals surface area contributed by atoms with Crippen molar-refractivity contribution in [2.75, 3.05) is 50.6 Å². The number of nitrogens with zero attached hydrogens (tertiary/aromatic N) is 1. The number of aryl methyl sites for hydroxylation is 1. The van der Waals surface area contributed by atoms with E-state index in [0.29, 0.717) is 29.4 Å². The van der Waals surface area contributed by atoms with Crippen molar-refractivity contribution in [1.82, 2.24) is 4.90 Å². The molecule has 10 heteroatoms. The van der Waals surface area contributed by atoms with E-state index in [4.69, 9.17) is 14.6 Å². The number of methoxy groups -OCH3 is 1. The molecule has 1 aromatic heterocycles. The Morgan fingerprint density at radius 2 is 1.93 bits per heavy atom. The van der Waals surface area contributed by atoms with E-state index >= 15 is 0 Å². The molecule has 218 valence electrons. The van der Waals surface area contributed by atoms with E-state index in [2.05, 4.69) is 52.5 Å². The molecule has 41 heavy (non-hydrogen) atoms. The SMILES string of the molecule is CCc1c(C#CCNc2ccc(S(N)(=O)=O)cc2OC)sc2c(NC3CCC(N4CC5(COC5)C4)CC3)cccc12. The Morgan fingerprint density at radius 3 is 2.59 bits per heavy atom. The van der Waals surface area contributed by atoms with Crippen LogP contribution < -0.4 is 20.5 Å². The number of hydrogen-bond acceptors (Lipinski definition) is 8. The maximum Gasteiger partial charge on any atom is 0.238 e. The van der Waals surface area contributed by atoms with E-state index in [1.807, 2.05) is 0 Å². The first kappa shape index (κ1) is 28.3.